The van der Waals surface area contributed by atoms with Crippen molar-refractivity contribution in [2.45, 2.75) is 0 Å². The number of anilines is 1. The molecule has 0 atom stereocenters. The number of rotatable bonds is 6. The molecule has 0 amide bonds. The minimum atomic E-state index is -3.66. The third kappa shape index (κ3) is 4.78. The summed E-state index contributed by atoms with van der Waals surface area (Å²) in [6.45, 7) is 0.439. The fourth-order valence-electron chi connectivity index (χ4n) is 1.04. The number of hydrogen-bond donors (Lipinski definition) is 3. The number of hydrogen-bond acceptors (Lipinski definition) is 4. The van der Waals surface area contributed by atoms with Gasteiger partial charge in [-0.3, -0.25) is 4.72 Å². The fraction of sp³-hybridized carbons (Fsp3) is 0.333. The maximum atomic E-state index is 11.5. The molecule has 0 fully saturated rings. The van der Waals surface area contributed by atoms with Crippen LogP contribution in [0.5, 0.6) is 5.75 Å². The summed E-state index contributed by atoms with van der Waals surface area (Å²) in [5, 5.41) is 9.25. The predicted molar refractivity (Wildman–Crippen MR) is 65.5 cm³/mol. The molecule has 0 bridgehead atoms. The van der Waals surface area contributed by atoms with E-state index in [2.05, 4.69) is 9.44 Å². The smallest absolute Gasteiger partial charge is 0.299 e. The minimum absolute atomic E-state index is 0.0714. The highest BCUT2D eigenvalue weighted by Crippen LogP contribution is 2.26. The Kier molecular flexibility index (Phi) is 5.01. The van der Waals surface area contributed by atoms with E-state index in [9.17, 15) is 13.5 Å². The van der Waals surface area contributed by atoms with Crippen molar-refractivity contribution in [3.63, 3.8) is 0 Å². The van der Waals surface area contributed by atoms with Crippen LogP contribution in [0.3, 0.4) is 0 Å². The van der Waals surface area contributed by atoms with Crippen LogP contribution in [0.15, 0.2) is 18.2 Å². The van der Waals surface area contributed by atoms with Gasteiger partial charge in [-0.25, -0.2) is 0 Å². The molecule has 96 valence electrons. The molecule has 0 radical (unpaired) electrons. The second-order valence-electron chi connectivity index (χ2n) is 3.16. The third-order valence-corrected chi connectivity index (χ3v) is 3.19. The number of phenols is 1. The summed E-state index contributed by atoms with van der Waals surface area (Å²) in [5.74, 6) is -0.109. The molecule has 1 aromatic carbocycles. The van der Waals surface area contributed by atoms with Crippen LogP contribution in [0.2, 0.25) is 5.02 Å². The van der Waals surface area contributed by atoms with E-state index in [0.29, 0.717) is 0 Å². The van der Waals surface area contributed by atoms with Crippen LogP contribution in [0.1, 0.15) is 0 Å². The number of halogens is 1. The number of ether oxygens (including phenoxy) is 1. The largest absolute Gasteiger partial charge is 0.506 e. The average molecular weight is 281 g/mol. The Hall–Kier alpha value is -1.02. The molecule has 1 rings (SSSR count). The third-order valence-electron chi connectivity index (χ3n) is 1.80. The topological polar surface area (TPSA) is 87.7 Å². The molecule has 0 saturated heterocycles. The minimum Gasteiger partial charge on any atom is -0.506 e. The summed E-state index contributed by atoms with van der Waals surface area (Å²) < 4.78 is 32.2. The van der Waals surface area contributed by atoms with Gasteiger partial charge in [0.15, 0.2) is 0 Å². The van der Waals surface area contributed by atoms with Crippen molar-refractivity contribution >= 4 is 27.5 Å². The van der Waals surface area contributed by atoms with E-state index in [0.717, 1.165) is 0 Å². The lowest BCUT2D eigenvalue weighted by Crippen LogP contribution is -2.32. The number of methoxy groups -OCH3 is 1. The van der Waals surface area contributed by atoms with Gasteiger partial charge in [-0.05, 0) is 18.2 Å². The van der Waals surface area contributed by atoms with Crippen LogP contribution < -0.4 is 9.44 Å². The van der Waals surface area contributed by atoms with Crippen LogP contribution in [-0.4, -0.2) is 33.8 Å². The van der Waals surface area contributed by atoms with Crippen molar-refractivity contribution in [1.82, 2.24) is 4.72 Å². The monoisotopic (exact) mass is 280 g/mol. The SMILES string of the molecule is COCCNS(=O)(=O)Nc1ccc(O)c(Cl)c1. The Morgan fingerprint density at radius 3 is 2.76 bits per heavy atom. The van der Waals surface area contributed by atoms with Gasteiger partial charge in [0, 0.05) is 13.7 Å². The van der Waals surface area contributed by atoms with Gasteiger partial charge in [0.1, 0.15) is 5.75 Å². The summed E-state index contributed by atoms with van der Waals surface area (Å²) in [4.78, 5) is 0. The Balaban J connectivity index is 2.66. The summed E-state index contributed by atoms with van der Waals surface area (Å²) >= 11 is 5.64. The first-order valence-electron chi connectivity index (χ1n) is 4.69. The molecular weight excluding hydrogens is 268 g/mol. The van der Waals surface area contributed by atoms with Crippen LogP contribution >= 0.6 is 11.6 Å². The molecule has 8 heteroatoms. The molecule has 0 aliphatic heterocycles. The van der Waals surface area contributed by atoms with Crippen LogP contribution in [-0.2, 0) is 14.9 Å². The van der Waals surface area contributed by atoms with E-state index < -0.39 is 10.2 Å². The summed E-state index contributed by atoms with van der Waals surface area (Å²) in [6.07, 6.45) is 0. The molecule has 0 aliphatic rings. The van der Waals surface area contributed by atoms with Gasteiger partial charge >= 0.3 is 0 Å². The zero-order chi connectivity index (χ0) is 12.9. The van der Waals surface area contributed by atoms with Crippen molar-refractivity contribution in [3.05, 3.63) is 23.2 Å². The van der Waals surface area contributed by atoms with Crippen molar-refractivity contribution in [2.24, 2.45) is 0 Å². The average Bonchev–Trinajstić information content (AvgIpc) is 2.23. The van der Waals surface area contributed by atoms with Crippen molar-refractivity contribution in [3.8, 4) is 5.75 Å². The summed E-state index contributed by atoms with van der Waals surface area (Å²) in [6, 6.07) is 4.01. The molecule has 0 saturated carbocycles. The quantitative estimate of drug-likeness (QED) is 0.534. The van der Waals surface area contributed by atoms with Gasteiger partial charge in [-0.15, -0.1) is 0 Å². The Labute approximate surface area is 105 Å². The molecule has 0 spiro atoms. The molecule has 0 aliphatic carbocycles. The van der Waals surface area contributed by atoms with E-state index in [1.165, 1.54) is 25.3 Å². The molecular formula is C9H13ClN2O4S. The second kappa shape index (κ2) is 6.06. The normalized spacial score (nSPS) is 11.4. The van der Waals surface area contributed by atoms with E-state index in [1.54, 1.807) is 0 Å². The Morgan fingerprint density at radius 2 is 2.18 bits per heavy atom. The van der Waals surface area contributed by atoms with Gasteiger partial charge in [0.25, 0.3) is 10.2 Å². The molecule has 17 heavy (non-hydrogen) atoms. The maximum absolute atomic E-state index is 11.5. The van der Waals surface area contributed by atoms with Gasteiger partial charge in [-0.2, -0.15) is 13.1 Å². The molecule has 1 aromatic rings. The number of benzene rings is 1. The van der Waals surface area contributed by atoms with E-state index in [1.807, 2.05) is 0 Å². The molecule has 3 N–H and O–H groups in total. The lowest BCUT2D eigenvalue weighted by molar-refractivity contribution is 0.204. The van der Waals surface area contributed by atoms with Gasteiger partial charge < -0.3 is 9.84 Å². The van der Waals surface area contributed by atoms with Crippen LogP contribution in [0.4, 0.5) is 5.69 Å². The lowest BCUT2D eigenvalue weighted by atomic mass is 10.3. The second-order valence-corrected chi connectivity index (χ2v) is 5.07. The molecule has 6 nitrogen and oxygen atoms in total. The van der Waals surface area contributed by atoms with Gasteiger partial charge in [0.05, 0.1) is 17.3 Å². The molecule has 0 unspecified atom stereocenters. The highest BCUT2D eigenvalue weighted by atomic mass is 35.5. The van der Waals surface area contributed by atoms with Crippen molar-refractivity contribution in [1.29, 1.82) is 0 Å². The Morgan fingerprint density at radius 1 is 1.47 bits per heavy atom. The van der Waals surface area contributed by atoms with Crippen molar-refractivity contribution < 1.29 is 18.3 Å². The standard InChI is InChI=1S/C9H13ClN2O4S/c1-16-5-4-11-17(14,15)12-7-2-3-9(13)8(10)6-7/h2-3,6,11-13H,4-5H2,1H3. The van der Waals surface area contributed by atoms with Crippen LogP contribution in [0, 0.1) is 0 Å². The lowest BCUT2D eigenvalue weighted by Gasteiger charge is -2.09. The van der Waals surface area contributed by atoms with E-state index in [-0.39, 0.29) is 29.6 Å². The van der Waals surface area contributed by atoms with Crippen LogP contribution in [0.25, 0.3) is 0 Å². The van der Waals surface area contributed by atoms with E-state index >= 15 is 0 Å². The highest BCUT2D eigenvalue weighted by Gasteiger charge is 2.09. The molecule has 0 aromatic heterocycles. The first kappa shape index (κ1) is 14.0. The van der Waals surface area contributed by atoms with E-state index in [4.69, 9.17) is 16.3 Å². The Bertz CT molecular complexity index is 478. The highest BCUT2D eigenvalue weighted by molar-refractivity contribution is 7.90. The maximum Gasteiger partial charge on any atom is 0.299 e. The van der Waals surface area contributed by atoms with Crippen molar-refractivity contribution in [2.75, 3.05) is 25.0 Å². The summed E-state index contributed by atoms with van der Waals surface area (Å²) in [5.41, 5.74) is 0.262. The number of phenolic OH excluding ortho intramolecular Hbond substituents is 1. The number of nitrogens with one attached hydrogen (secondary N) is 2. The number of aromatic hydroxyl groups is 1. The summed E-state index contributed by atoms with van der Waals surface area (Å²) in [7, 11) is -2.18. The fourth-order valence-corrected chi connectivity index (χ4v) is 2.08. The molecule has 0 heterocycles. The zero-order valence-electron chi connectivity index (χ0n) is 9.10. The van der Waals surface area contributed by atoms with Gasteiger partial charge in [-0.1, -0.05) is 11.6 Å². The predicted octanol–water partition coefficient (Wildman–Crippen LogP) is 0.938. The van der Waals surface area contributed by atoms with Gasteiger partial charge in [0.2, 0.25) is 0 Å². The first-order valence-corrected chi connectivity index (χ1v) is 6.55. The first-order chi connectivity index (χ1) is 7.94. The zero-order valence-corrected chi connectivity index (χ0v) is 10.7.